The average Bonchev–Trinajstić information content (AvgIpc) is 3.11. The number of azide groups is 1. The highest BCUT2D eigenvalue weighted by atomic mass is 16.8. The standard InChI is InChI=1S/C26H41N3O23/c27-29-28-1-2-45-23-12(37)9(34)16(5(3-30)46-23)49-26-15(40)18(14(39)20(52-26)22(43)44)50-24-13(38)10(35)17(6(4-31)47-24)48-25-11(36)7(32)8(33)19(51-25)21(41)42/h5-20,23-26,30-40H,1-4H2,(H,41,42)(H,43,44)/t5-,6-,7+,8+,9-,10-,11-,12-,13-,14+,15-,16-,17-,18+,19+,20+,23-,24+,25-,26-/m1/s1. The normalized spacial score (nSPS) is 47.0. The number of aliphatic hydroxyl groups is 11. The van der Waals surface area contributed by atoms with Gasteiger partial charge in [0.1, 0.15) is 85.5 Å². The Labute approximate surface area is 291 Å². The summed E-state index contributed by atoms with van der Waals surface area (Å²) in [6, 6.07) is 0. The Kier molecular flexibility index (Phi) is 14.8. The monoisotopic (exact) mass is 763 g/mol. The number of aliphatic hydroxyl groups excluding tert-OH is 11. The molecule has 0 aromatic carbocycles. The van der Waals surface area contributed by atoms with E-state index in [9.17, 15) is 76.0 Å². The summed E-state index contributed by atoms with van der Waals surface area (Å²) < 4.78 is 42.7. The van der Waals surface area contributed by atoms with Gasteiger partial charge in [-0.2, -0.15) is 0 Å². The lowest BCUT2D eigenvalue weighted by Gasteiger charge is -2.48. The maximum atomic E-state index is 12.0. The molecule has 26 heteroatoms. The molecular weight excluding hydrogens is 722 g/mol. The first kappa shape index (κ1) is 42.2. The van der Waals surface area contributed by atoms with Crippen molar-refractivity contribution >= 4 is 11.9 Å². The quantitative estimate of drug-likeness (QED) is 0.0338. The molecule has 4 saturated heterocycles. The Bertz CT molecular complexity index is 1240. The van der Waals surface area contributed by atoms with Crippen molar-refractivity contribution in [3.8, 4) is 0 Å². The van der Waals surface area contributed by atoms with E-state index in [2.05, 4.69) is 10.0 Å². The lowest BCUT2D eigenvalue weighted by atomic mass is 9.95. The zero-order valence-electron chi connectivity index (χ0n) is 26.6. The minimum atomic E-state index is -2.27. The fraction of sp³-hybridized carbons (Fsp3) is 0.923. The van der Waals surface area contributed by atoms with Gasteiger partial charge in [-0.15, -0.1) is 0 Å². The molecule has 4 rings (SSSR count). The lowest BCUT2D eigenvalue weighted by molar-refractivity contribution is -0.385. The van der Waals surface area contributed by atoms with Gasteiger partial charge in [-0.05, 0) is 5.53 Å². The maximum absolute atomic E-state index is 12.0. The minimum absolute atomic E-state index is 0.186. The van der Waals surface area contributed by atoms with Gasteiger partial charge in [0.05, 0.1) is 19.8 Å². The van der Waals surface area contributed by atoms with E-state index < -0.39 is 148 Å². The molecule has 52 heavy (non-hydrogen) atoms. The van der Waals surface area contributed by atoms with Crippen molar-refractivity contribution in [1.82, 2.24) is 0 Å². The van der Waals surface area contributed by atoms with E-state index in [1.807, 2.05) is 0 Å². The minimum Gasteiger partial charge on any atom is -0.479 e. The molecule has 4 aliphatic heterocycles. The number of rotatable bonds is 14. The van der Waals surface area contributed by atoms with Gasteiger partial charge in [-0.1, -0.05) is 5.11 Å². The third-order valence-electron chi connectivity index (χ3n) is 8.65. The van der Waals surface area contributed by atoms with Gasteiger partial charge in [0.15, 0.2) is 37.4 Å². The summed E-state index contributed by atoms with van der Waals surface area (Å²) in [4.78, 5) is 26.0. The Morgan fingerprint density at radius 2 is 0.981 bits per heavy atom. The highest BCUT2D eigenvalue weighted by Gasteiger charge is 2.56. The van der Waals surface area contributed by atoms with E-state index in [1.54, 1.807) is 0 Å². The van der Waals surface area contributed by atoms with E-state index in [-0.39, 0.29) is 13.2 Å². The molecule has 0 radical (unpaired) electrons. The zero-order valence-corrected chi connectivity index (χ0v) is 26.6. The van der Waals surface area contributed by atoms with Crippen LogP contribution < -0.4 is 0 Å². The van der Waals surface area contributed by atoms with Crippen molar-refractivity contribution < 1.29 is 114 Å². The smallest absolute Gasteiger partial charge is 0.335 e. The first-order chi connectivity index (χ1) is 24.6. The van der Waals surface area contributed by atoms with Crippen LogP contribution in [-0.4, -0.2) is 228 Å². The molecule has 0 amide bonds. The molecule has 0 aromatic rings. The zero-order chi connectivity index (χ0) is 38.6. The summed E-state index contributed by atoms with van der Waals surface area (Å²) in [5, 5.41) is 137. The summed E-state index contributed by atoms with van der Waals surface area (Å²) in [6.45, 7) is -2.40. The van der Waals surface area contributed by atoms with E-state index >= 15 is 0 Å². The van der Waals surface area contributed by atoms with Crippen LogP contribution in [0.3, 0.4) is 0 Å². The highest BCUT2D eigenvalue weighted by Crippen LogP contribution is 2.34. The van der Waals surface area contributed by atoms with Crippen LogP contribution in [-0.2, 0) is 47.5 Å². The molecule has 0 aromatic heterocycles. The summed E-state index contributed by atoms with van der Waals surface area (Å²) in [5.41, 5.74) is 8.38. The number of aliphatic carboxylic acids is 2. The van der Waals surface area contributed by atoms with E-state index in [1.165, 1.54) is 0 Å². The van der Waals surface area contributed by atoms with E-state index in [0.29, 0.717) is 0 Å². The van der Waals surface area contributed by atoms with E-state index in [4.69, 9.17) is 43.4 Å². The van der Waals surface area contributed by atoms with Crippen molar-refractivity contribution in [3.05, 3.63) is 10.4 Å². The molecule has 13 N–H and O–H groups in total. The topological polar surface area (TPSA) is 420 Å². The van der Waals surface area contributed by atoms with Gasteiger partial charge in [0, 0.05) is 11.5 Å². The predicted molar refractivity (Wildman–Crippen MR) is 153 cm³/mol. The predicted octanol–water partition coefficient (Wildman–Crippen LogP) is -8.23. The average molecular weight is 764 g/mol. The number of ether oxygens (including phenoxy) is 8. The molecule has 0 bridgehead atoms. The third-order valence-corrected chi connectivity index (χ3v) is 8.65. The van der Waals surface area contributed by atoms with Crippen LogP contribution >= 0.6 is 0 Å². The molecular formula is C26H41N3O23. The molecule has 26 nitrogen and oxygen atoms in total. The molecule has 298 valence electrons. The van der Waals surface area contributed by atoms with Crippen LogP contribution in [0, 0.1) is 0 Å². The van der Waals surface area contributed by atoms with Crippen LogP contribution in [0.5, 0.6) is 0 Å². The van der Waals surface area contributed by atoms with Crippen LogP contribution in [0.15, 0.2) is 5.11 Å². The molecule has 0 saturated carbocycles. The number of carboxylic acids is 2. The summed E-state index contributed by atoms with van der Waals surface area (Å²) >= 11 is 0. The largest absolute Gasteiger partial charge is 0.479 e. The molecule has 0 spiro atoms. The second-order valence-corrected chi connectivity index (χ2v) is 12.0. The van der Waals surface area contributed by atoms with E-state index in [0.717, 1.165) is 0 Å². The summed E-state index contributed by atoms with van der Waals surface area (Å²) in [5.74, 6) is -3.60. The molecule has 0 unspecified atom stereocenters. The number of carbonyl (C=O) groups is 2. The van der Waals surface area contributed by atoms with Gasteiger partial charge in [0.2, 0.25) is 0 Å². The number of hydrogen-bond acceptors (Lipinski definition) is 22. The van der Waals surface area contributed by atoms with Gasteiger partial charge in [-0.3, -0.25) is 0 Å². The number of nitrogens with zero attached hydrogens (tertiary/aromatic N) is 3. The summed E-state index contributed by atoms with van der Waals surface area (Å²) in [7, 11) is 0. The van der Waals surface area contributed by atoms with Crippen molar-refractivity contribution in [1.29, 1.82) is 0 Å². The second kappa shape index (κ2) is 18.2. The Hall–Kier alpha value is -2.51. The first-order valence-corrected chi connectivity index (χ1v) is 15.6. The van der Waals surface area contributed by atoms with Crippen LogP contribution in [0.1, 0.15) is 0 Å². The number of hydrogen-bond donors (Lipinski definition) is 13. The van der Waals surface area contributed by atoms with Crippen LogP contribution in [0.4, 0.5) is 0 Å². The van der Waals surface area contributed by atoms with Gasteiger partial charge >= 0.3 is 11.9 Å². The molecule has 20 atom stereocenters. The fourth-order valence-electron chi connectivity index (χ4n) is 5.89. The van der Waals surface area contributed by atoms with Gasteiger partial charge < -0.3 is 104 Å². The van der Waals surface area contributed by atoms with Crippen LogP contribution in [0.25, 0.3) is 10.4 Å². The highest BCUT2D eigenvalue weighted by molar-refractivity contribution is 5.73. The molecule has 0 aliphatic carbocycles. The third kappa shape index (κ3) is 8.88. The fourth-order valence-corrected chi connectivity index (χ4v) is 5.89. The molecule has 4 heterocycles. The van der Waals surface area contributed by atoms with Gasteiger partial charge in [0.25, 0.3) is 0 Å². The molecule has 4 fully saturated rings. The second-order valence-electron chi connectivity index (χ2n) is 12.0. The SMILES string of the molecule is [N-]=[N+]=NCCO[C@@H]1O[C@H](CO)[C@@H](O[C@@H]2O[C@H](C(=O)O)[C@@H](O)[C@H](O[C@@H]3O[C@H](CO)[C@@H](O[C@@H]4O[C@H](C(=O)O)[C@@H](O)[C@H](O)[C@H]4O)[C@H](O)[C@H]3O)[C@H]2O)[C@H](O)[C@H]1O. The summed E-state index contributed by atoms with van der Waals surface area (Å²) in [6.07, 6.45) is -40.4. The van der Waals surface area contributed by atoms with Crippen molar-refractivity contribution in [2.45, 2.75) is 123 Å². The lowest BCUT2D eigenvalue weighted by Crippen LogP contribution is -2.68. The van der Waals surface area contributed by atoms with Gasteiger partial charge in [-0.25, -0.2) is 9.59 Å². The molecule has 4 aliphatic rings. The first-order valence-electron chi connectivity index (χ1n) is 15.6. The Morgan fingerprint density at radius 3 is 1.48 bits per heavy atom. The Balaban J connectivity index is 1.49. The van der Waals surface area contributed by atoms with Crippen molar-refractivity contribution in [2.24, 2.45) is 5.11 Å². The van der Waals surface area contributed by atoms with Crippen molar-refractivity contribution in [3.63, 3.8) is 0 Å². The number of carboxylic acid groups (broad SMARTS) is 2. The Morgan fingerprint density at radius 1 is 0.558 bits per heavy atom. The maximum Gasteiger partial charge on any atom is 0.335 e. The van der Waals surface area contributed by atoms with Crippen LogP contribution in [0.2, 0.25) is 0 Å². The van der Waals surface area contributed by atoms with Crippen molar-refractivity contribution in [2.75, 3.05) is 26.4 Å².